The number of carbonyl (C=O) groups is 1. The average molecular weight is 516 g/mol. The Kier molecular flexibility index (Phi) is 8.15. The monoisotopic (exact) mass is 515 g/mol. The summed E-state index contributed by atoms with van der Waals surface area (Å²) in [5.41, 5.74) is 5.43. The van der Waals surface area contributed by atoms with Crippen molar-refractivity contribution in [2.45, 2.75) is 13.8 Å². The molecule has 0 aliphatic heterocycles. The largest absolute Gasteiger partial charge is 0.495 e. The van der Waals surface area contributed by atoms with Crippen LogP contribution in [0.4, 0.5) is 28.8 Å². The van der Waals surface area contributed by atoms with E-state index in [1.807, 2.05) is 38.1 Å². The molecule has 1 aromatic heterocycles. The first-order valence-corrected chi connectivity index (χ1v) is 11.9. The van der Waals surface area contributed by atoms with E-state index in [1.165, 1.54) is 19.4 Å². The van der Waals surface area contributed by atoms with Crippen molar-refractivity contribution < 1.29 is 9.53 Å². The summed E-state index contributed by atoms with van der Waals surface area (Å²) in [6.45, 7) is 3.87. The molecule has 4 aromatic rings. The average Bonchev–Trinajstić information content (AvgIpc) is 2.94. The predicted octanol–water partition coefficient (Wildman–Crippen LogP) is 6.25. The highest BCUT2D eigenvalue weighted by atomic mass is 16.5. The number of ether oxygens (including phenoxy) is 1. The van der Waals surface area contributed by atoms with E-state index in [2.05, 4.69) is 32.0 Å². The van der Waals surface area contributed by atoms with E-state index in [4.69, 9.17) is 15.3 Å². The van der Waals surface area contributed by atoms with Gasteiger partial charge in [0.05, 0.1) is 30.5 Å². The van der Waals surface area contributed by atoms with Crippen molar-refractivity contribution in [1.29, 1.82) is 10.5 Å². The van der Waals surface area contributed by atoms with Crippen LogP contribution in [0.25, 0.3) is 6.08 Å². The molecule has 9 nitrogen and oxygen atoms in total. The standard InChI is InChI=1S/C30H25N7O2/c1-19-15-22(7-6-14-31)16-20(2)27(19)36-28-24(29(38)35-25-8-4-5-9-26(25)39-3)18-33-30(37-28)34-23-12-10-21(17-32)11-13-23/h4-13,15-16,18H,1-3H3,(H,35,38)(H2,33,34,36,37). The maximum Gasteiger partial charge on any atom is 0.261 e. The molecule has 1 heterocycles. The summed E-state index contributed by atoms with van der Waals surface area (Å²) >= 11 is 0. The van der Waals surface area contributed by atoms with E-state index >= 15 is 0 Å². The van der Waals surface area contributed by atoms with Gasteiger partial charge in [0, 0.05) is 23.6 Å². The molecule has 0 unspecified atom stereocenters. The van der Waals surface area contributed by atoms with Gasteiger partial charge in [-0.3, -0.25) is 4.79 Å². The summed E-state index contributed by atoms with van der Waals surface area (Å²) in [4.78, 5) is 22.4. The zero-order chi connectivity index (χ0) is 27.8. The third-order valence-corrected chi connectivity index (χ3v) is 5.81. The molecule has 4 rings (SSSR count). The number of aromatic nitrogens is 2. The Morgan fingerprint density at radius 3 is 2.38 bits per heavy atom. The van der Waals surface area contributed by atoms with Crippen molar-refractivity contribution in [2.24, 2.45) is 0 Å². The van der Waals surface area contributed by atoms with Crippen molar-refractivity contribution >= 4 is 40.8 Å². The van der Waals surface area contributed by atoms with E-state index in [0.29, 0.717) is 28.5 Å². The summed E-state index contributed by atoms with van der Waals surface area (Å²) in [7, 11) is 1.53. The molecular formula is C30H25N7O2. The Morgan fingerprint density at radius 2 is 1.72 bits per heavy atom. The molecule has 0 fully saturated rings. The molecule has 3 aromatic carbocycles. The van der Waals surface area contributed by atoms with Gasteiger partial charge in [-0.15, -0.1) is 0 Å². The van der Waals surface area contributed by atoms with Gasteiger partial charge in [0.15, 0.2) is 0 Å². The van der Waals surface area contributed by atoms with Gasteiger partial charge in [-0.2, -0.15) is 15.5 Å². The van der Waals surface area contributed by atoms with Crippen molar-refractivity contribution in [3.05, 3.63) is 101 Å². The second-order valence-corrected chi connectivity index (χ2v) is 8.54. The highest BCUT2D eigenvalue weighted by Gasteiger charge is 2.18. The molecule has 1 amide bonds. The van der Waals surface area contributed by atoms with E-state index < -0.39 is 5.91 Å². The Balaban J connectivity index is 1.72. The number of para-hydroxylation sites is 2. The SMILES string of the molecule is COc1ccccc1NC(=O)c1cnc(Nc2ccc(C#N)cc2)nc1Nc1c(C)cc(C=CC#N)cc1C. The quantitative estimate of drug-likeness (QED) is 0.234. The number of hydrogen-bond acceptors (Lipinski definition) is 8. The van der Waals surface area contributed by atoms with Crippen molar-refractivity contribution in [3.63, 3.8) is 0 Å². The lowest BCUT2D eigenvalue weighted by Gasteiger charge is -2.17. The van der Waals surface area contributed by atoms with Crippen LogP contribution in [0.5, 0.6) is 5.75 Å². The molecular weight excluding hydrogens is 490 g/mol. The molecule has 39 heavy (non-hydrogen) atoms. The van der Waals surface area contributed by atoms with E-state index in [-0.39, 0.29) is 11.5 Å². The van der Waals surface area contributed by atoms with Crippen LogP contribution < -0.4 is 20.7 Å². The molecule has 9 heteroatoms. The fourth-order valence-corrected chi connectivity index (χ4v) is 3.94. The van der Waals surface area contributed by atoms with Gasteiger partial charge in [-0.1, -0.05) is 12.1 Å². The zero-order valence-corrected chi connectivity index (χ0v) is 21.6. The lowest BCUT2D eigenvalue weighted by molar-refractivity contribution is 0.102. The molecule has 0 radical (unpaired) electrons. The number of allylic oxidation sites excluding steroid dienone is 1. The summed E-state index contributed by atoms with van der Waals surface area (Å²) in [5, 5.41) is 27.2. The van der Waals surface area contributed by atoms with Crippen LogP contribution in [0.3, 0.4) is 0 Å². The number of amides is 1. The van der Waals surface area contributed by atoms with E-state index in [1.54, 1.807) is 48.5 Å². The van der Waals surface area contributed by atoms with Crippen LogP contribution in [-0.2, 0) is 0 Å². The smallest absolute Gasteiger partial charge is 0.261 e. The van der Waals surface area contributed by atoms with Gasteiger partial charge in [-0.25, -0.2) is 4.98 Å². The third kappa shape index (κ3) is 6.37. The highest BCUT2D eigenvalue weighted by molar-refractivity contribution is 6.08. The third-order valence-electron chi connectivity index (χ3n) is 5.81. The normalized spacial score (nSPS) is 10.4. The van der Waals surface area contributed by atoms with Gasteiger partial charge in [-0.05, 0) is 85.1 Å². The molecule has 0 aliphatic carbocycles. The fraction of sp³-hybridized carbons (Fsp3) is 0.100. The molecule has 192 valence electrons. The Bertz CT molecular complexity index is 1610. The van der Waals surface area contributed by atoms with Crippen LogP contribution in [0, 0.1) is 36.5 Å². The second-order valence-electron chi connectivity index (χ2n) is 8.54. The summed E-state index contributed by atoms with van der Waals surface area (Å²) < 4.78 is 5.36. The molecule has 0 saturated heterocycles. The second kappa shape index (κ2) is 12.0. The Hall–Kier alpha value is -5.67. The number of nitrogens with one attached hydrogen (secondary N) is 3. The zero-order valence-electron chi connectivity index (χ0n) is 21.6. The number of anilines is 5. The number of carbonyl (C=O) groups excluding carboxylic acids is 1. The Labute approximate surface area is 226 Å². The van der Waals surface area contributed by atoms with Gasteiger partial charge in [0.2, 0.25) is 5.95 Å². The van der Waals surface area contributed by atoms with Gasteiger partial charge in [0.25, 0.3) is 5.91 Å². The van der Waals surface area contributed by atoms with Crippen molar-refractivity contribution in [3.8, 4) is 17.9 Å². The number of methoxy groups -OCH3 is 1. The van der Waals surface area contributed by atoms with Gasteiger partial charge >= 0.3 is 0 Å². The van der Waals surface area contributed by atoms with Crippen molar-refractivity contribution in [1.82, 2.24) is 9.97 Å². The molecule has 0 aliphatic rings. The van der Waals surface area contributed by atoms with E-state index in [0.717, 1.165) is 22.4 Å². The molecule has 0 bridgehead atoms. The van der Waals surface area contributed by atoms with Crippen LogP contribution in [0.2, 0.25) is 0 Å². The van der Waals surface area contributed by atoms with Gasteiger partial charge in [0.1, 0.15) is 17.1 Å². The minimum absolute atomic E-state index is 0.221. The maximum absolute atomic E-state index is 13.4. The maximum atomic E-state index is 13.4. The van der Waals surface area contributed by atoms with Crippen molar-refractivity contribution in [2.75, 3.05) is 23.1 Å². The lowest BCUT2D eigenvalue weighted by Crippen LogP contribution is -2.17. The topological polar surface area (TPSA) is 136 Å². The minimum atomic E-state index is -0.421. The summed E-state index contributed by atoms with van der Waals surface area (Å²) in [6.07, 6.45) is 4.61. The van der Waals surface area contributed by atoms with E-state index in [9.17, 15) is 4.79 Å². The highest BCUT2D eigenvalue weighted by Crippen LogP contribution is 2.30. The first-order valence-electron chi connectivity index (χ1n) is 11.9. The van der Waals surface area contributed by atoms with Gasteiger partial charge < -0.3 is 20.7 Å². The fourth-order valence-electron chi connectivity index (χ4n) is 3.94. The van der Waals surface area contributed by atoms with Crippen LogP contribution in [-0.4, -0.2) is 23.0 Å². The number of aryl methyl sites for hydroxylation is 2. The summed E-state index contributed by atoms with van der Waals surface area (Å²) in [5.74, 6) is 0.656. The van der Waals surface area contributed by atoms with Crippen LogP contribution >= 0.6 is 0 Å². The number of rotatable bonds is 8. The Morgan fingerprint density at radius 1 is 1.00 bits per heavy atom. The number of nitrogens with zero attached hydrogens (tertiary/aromatic N) is 4. The summed E-state index contributed by atoms with van der Waals surface area (Å²) in [6, 6.07) is 21.9. The lowest BCUT2D eigenvalue weighted by atomic mass is 10.0. The number of hydrogen-bond donors (Lipinski definition) is 3. The number of benzene rings is 3. The number of nitriles is 2. The van der Waals surface area contributed by atoms with Crippen LogP contribution in [0.15, 0.2) is 72.9 Å². The van der Waals surface area contributed by atoms with Crippen LogP contribution in [0.1, 0.15) is 32.6 Å². The first kappa shape index (κ1) is 26.4. The molecule has 3 N–H and O–H groups in total. The first-order chi connectivity index (χ1) is 18.9. The molecule has 0 spiro atoms. The minimum Gasteiger partial charge on any atom is -0.495 e. The predicted molar refractivity (Wildman–Crippen MR) is 151 cm³/mol. The molecule has 0 atom stereocenters. The molecule has 0 saturated carbocycles.